The van der Waals surface area contributed by atoms with Crippen molar-refractivity contribution in [3.05, 3.63) is 46.5 Å². The molecule has 0 saturated heterocycles. The fraction of sp³-hybridized carbons (Fsp3) is 0.571. The minimum absolute atomic E-state index is 0.965. The first-order valence-corrected chi connectivity index (χ1v) is 12.5. The van der Waals surface area contributed by atoms with Gasteiger partial charge in [-0.25, -0.2) is 0 Å². The maximum absolute atomic E-state index is 6.73. The van der Waals surface area contributed by atoms with Crippen molar-refractivity contribution in [2.75, 3.05) is 36.0 Å². The summed E-state index contributed by atoms with van der Waals surface area (Å²) < 4.78 is 6.73. The van der Waals surface area contributed by atoms with Crippen molar-refractivity contribution in [3.63, 3.8) is 0 Å². The Kier molecular flexibility index (Phi) is 9.74. The standard InChI is InChI=1S/C28H44N2O/c1-9-21-17-19-25(23(11-3)27(21)29(13-5)14-6)31-26-20-18-22(10-2)28(24(26)12-4)30(15-7)16-8/h17-20H,9-16H2,1-8H3. The Morgan fingerprint density at radius 3 is 1.13 bits per heavy atom. The largest absolute Gasteiger partial charge is 0.457 e. The van der Waals surface area contributed by atoms with Crippen LogP contribution in [0.3, 0.4) is 0 Å². The van der Waals surface area contributed by atoms with E-state index in [0.717, 1.165) is 63.4 Å². The first-order valence-electron chi connectivity index (χ1n) is 12.5. The van der Waals surface area contributed by atoms with Gasteiger partial charge in [-0.3, -0.25) is 0 Å². The lowest BCUT2D eigenvalue weighted by Gasteiger charge is -2.30. The average molecular weight is 425 g/mol. The van der Waals surface area contributed by atoms with Gasteiger partial charge in [0.1, 0.15) is 11.5 Å². The molecule has 172 valence electrons. The summed E-state index contributed by atoms with van der Waals surface area (Å²) in [5, 5.41) is 0. The number of rotatable bonds is 12. The topological polar surface area (TPSA) is 15.7 Å². The van der Waals surface area contributed by atoms with E-state index in [0.29, 0.717) is 0 Å². The highest BCUT2D eigenvalue weighted by molar-refractivity contribution is 5.68. The first kappa shape index (κ1) is 25.1. The highest BCUT2D eigenvalue weighted by atomic mass is 16.5. The van der Waals surface area contributed by atoms with Gasteiger partial charge in [0.15, 0.2) is 0 Å². The number of aryl methyl sites for hydroxylation is 2. The van der Waals surface area contributed by atoms with Crippen LogP contribution in [0.4, 0.5) is 11.4 Å². The zero-order chi connectivity index (χ0) is 23.0. The zero-order valence-corrected chi connectivity index (χ0v) is 21.3. The molecule has 2 aromatic rings. The molecule has 31 heavy (non-hydrogen) atoms. The fourth-order valence-corrected chi connectivity index (χ4v) is 4.76. The number of anilines is 2. The van der Waals surface area contributed by atoms with Gasteiger partial charge >= 0.3 is 0 Å². The van der Waals surface area contributed by atoms with Crippen LogP contribution >= 0.6 is 0 Å². The summed E-state index contributed by atoms with van der Waals surface area (Å²) in [6.45, 7) is 22.0. The van der Waals surface area contributed by atoms with Crippen LogP contribution in [0, 0.1) is 0 Å². The molecule has 0 spiro atoms. The molecule has 0 amide bonds. The van der Waals surface area contributed by atoms with E-state index in [2.05, 4.69) is 89.5 Å². The molecular formula is C28H44N2O. The zero-order valence-electron chi connectivity index (χ0n) is 21.3. The van der Waals surface area contributed by atoms with Gasteiger partial charge in [0, 0.05) is 48.7 Å². The van der Waals surface area contributed by atoms with Gasteiger partial charge in [0.05, 0.1) is 0 Å². The van der Waals surface area contributed by atoms with Crippen LogP contribution in [0.5, 0.6) is 11.5 Å². The molecule has 0 fully saturated rings. The molecule has 0 heterocycles. The van der Waals surface area contributed by atoms with Crippen LogP contribution in [0.1, 0.15) is 77.6 Å². The lowest BCUT2D eigenvalue weighted by molar-refractivity contribution is 0.470. The smallest absolute Gasteiger partial charge is 0.132 e. The molecule has 0 atom stereocenters. The second kappa shape index (κ2) is 12.0. The molecular weight excluding hydrogens is 380 g/mol. The van der Waals surface area contributed by atoms with E-state index in [4.69, 9.17) is 4.74 Å². The summed E-state index contributed by atoms with van der Waals surface area (Å²) in [6, 6.07) is 8.91. The molecule has 0 unspecified atom stereocenters. The van der Waals surface area contributed by atoms with Crippen LogP contribution in [-0.4, -0.2) is 26.2 Å². The number of benzene rings is 2. The van der Waals surface area contributed by atoms with Gasteiger partial charge in [-0.15, -0.1) is 0 Å². The predicted molar refractivity (Wildman–Crippen MR) is 138 cm³/mol. The van der Waals surface area contributed by atoms with Crippen LogP contribution < -0.4 is 14.5 Å². The minimum Gasteiger partial charge on any atom is -0.457 e. The third-order valence-electron chi connectivity index (χ3n) is 6.49. The summed E-state index contributed by atoms with van der Waals surface area (Å²) in [4.78, 5) is 4.96. The van der Waals surface area contributed by atoms with E-state index in [-0.39, 0.29) is 0 Å². The van der Waals surface area contributed by atoms with Gasteiger partial charge in [0.25, 0.3) is 0 Å². The van der Waals surface area contributed by atoms with E-state index >= 15 is 0 Å². The molecule has 0 bridgehead atoms. The molecule has 0 N–H and O–H groups in total. The molecule has 3 heteroatoms. The van der Waals surface area contributed by atoms with Crippen molar-refractivity contribution in [3.8, 4) is 11.5 Å². The molecule has 0 radical (unpaired) electrons. The maximum Gasteiger partial charge on any atom is 0.132 e. The first-order chi connectivity index (χ1) is 15.0. The molecule has 0 aliphatic heterocycles. The van der Waals surface area contributed by atoms with Crippen molar-refractivity contribution in [2.24, 2.45) is 0 Å². The quantitative estimate of drug-likeness (QED) is 0.352. The molecule has 0 aliphatic carbocycles. The maximum atomic E-state index is 6.73. The highest BCUT2D eigenvalue weighted by Crippen LogP contribution is 2.40. The van der Waals surface area contributed by atoms with Crippen LogP contribution in [0.15, 0.2) is 24.3 Å². The number of hydrogen-bond donors (Lipinski definition) is 0. The van der Waals surface area contributed by atoms with Crippen molar-refractivity contribution < 1.29 is 4.74 Å². The Morgan fingerprint density at radius 1 is 0.516 bits per heavy atom. The molecule has 2 aromatic carbocycles. The third-order valence-corrected chi connectivity index (χ3v) is 6.49. The van der Waals surface area contributed by atoms with E-state index in [1.54, 1.807) is 0 Å². The third kappa shape index (κ3) is 5.19. The average Bonchev–Trinajstić information content (AvgIpc) is 2.81. The van der Waals surface area contributed by atoms with Crippen molar-refractivity contribution in [2.45, 2.75) is 81.1 Å². The van der Waals surface area contributed by atoms with Crippen molar-refractivity contribution in [1.82, 2.24) is 0 Å². The normalized spacial score (nSPS) is 11.0. The molecule has 0 aromatic heterocycles. The summed E-state index contributed by atoms with van der Waals surface area (Å²) in [7, 11) is 0. The predicted octanol–water partition coefficient (Wildman–Crippen LogP) is 7.42. The Hall–Kier alpha value is -2.16. The number of ether oxygens (including phenoxy) is 1. The fourth-order valence-electron chi connectivity index (χ4n) is 4.76. The van der Waals surface area contributed by atoms with E-state index in [1.807, 2.05) is 0 Å². The van der Waals surface area contributed by atoms with Gasteiger partial charge in [-0.1, -0.05) is 39.8 Å². The van der Waals surface area contributed by atoms with Crippen molar-refractivity contribution in [1.29, 1.82) is 0 Å². The Morgan fingerprint density at radius 2 is 0.871 bits per heavy atom. The Balaban J connectivity index is 2.65. The summed E-state index contributed by atoms with van der Waals surface area (Å²) in [5.41, 5.74) is 8.23. The van der Waals surface area contributed by atoms with E-state index < -0.39 is 0 Å². The highest BCUT2D eigenvalue weighted by Gasteiger charge is 2.20. The van der Waals surface area contributed by atoms with E-state index in [9.17, 15) is 0 Å². The SMILES string of the molecule is CCc1ccc(Oc2ccc(CC)c(N(CC)CC)c2CC)c(CC)c1N(CC)CC. The van der Waals surface area contributed by atoms with Crippen LogP contribution in [0.2, 0.25) is 0 Å². The second-order valence-corrected chi connectivity index (χ2v) is 7.96. The Bertz CT molecular complexity index is 766. The summed E-state index contributed by atoms with van der Waals surface area (Å²) in [5.74, 6) is 2.01. The van der Waals surface area contributed by atoms with Gasteiger partial charge in [-0.05, 0) is 76.6 Å². The summed E-state index contributed by atoms with van der Waals surface area (Å²) in [6.07, 6.45) is 4.01. The van der Waals surface area contributed by atoms with Crippen LogP contribution in [0.25, 0.3) is 0 Å². The number of nitrogens with zero attached hydrogens (tertiary/aromatic N) is 2. The molecule has 2 rings (SSSR count). The minimum atomic E-state index is 0.965. The van der Waals surface area contributed by atoms with Gasteiger partial charge in [-0.2, -0.15) is 0 Å². The number of hydrogen-bond acceptors (Lipinski definition) is 3. The summed E-state index contributed by atoms with van der Waals surface area (Å²) >= 11 is 0. The Labute approximate surface area is 191 Å². The molecule has 0 saturated carbocycles. The van der Waals surface area contributed by atoms with E-state index in [1.165, 1.54) is 33.6 Å². The lowest BCUT2D eigenvalue weighted by Crippen LogP contribution is -2.25. The van der Waals surface area contributed by atoms with Crippen molar-refractivity contribution >= 4 is 11.4 Å². The molecule has 0 aliphatic rings. The van der Waals surface area contributed by atoms with Crippen LogP contribution in [-0.2, 0) is 25.7 Å². The molecule has 3 nitrogen and oxygen atoms in total. The second-order valence-electron chi connectivity index (χ2n) is 7.96. The van der Waals surface area contributed by atoms with Gasteiger partial charge in [0.2, 0.25) is 0 Å². The monoisotopic (exact) mass is 424 g/mol. The van der Waals surface area contributed by atoms with Gasteiger partial charge < -0.3 is 14.5 Å². The lowest BCUT2D eigenvalue weighted by atomic mass is 9.99.